The Kier molecular flexibility index (Phi) is 5.32. The second-order valence-corrected chi connectivity index (χ2v) is 9.88. The zero-order chi connectivity index (χ0) is 20.6. The van der Waals surface area contributed by atoms with Crippen molar-refractivity contribution in [2.45, 2.75) is 30.6 Å². The molecule has 0 bridgehead atoms. The number of H-pyrrole nitrogens is 1. The summed E-state index contributed by atoms with van der Waals surface area (Å²) in [6, 6.07) is 13.3. The molecule has 2 aromatic carbocycles. The Bertz CT molecular complexity index is 1130. The quantitative estimate of drug-likeness (QED) is 0.713. The average Bonchev–Trinajstić information content (AvgIpc) is 2.73. The fourth-order valence-corrected chi connectivity index (χ4v) is 5.56. The molecule has 0 aliphatic carbocycles. The summed E-state index contributed by atoms with van der Waals surface area (Å²) in [6.45, 7) is 11.1. The van der Waals surface area contributed by atoms with Gasteiger partial charge in [-0.2, -0.15) is 0 Å². The molecule has 0 radical (unpaired) electrons. The van der Waals surface area contributed by atoms with Crippen molar-refractivity contribution in [2.75, 3.05) is 37.6 Å². The molecule has 0 unspecified atom stereocenters. The van der Waals surface area contributed by atoms with Crippen LogP contribution in [-0.2, 0) is 9.84 Å². The molecule has 2 N–H and O–H groups in total. The lowest BCUT2D eigenvalue weighted by Gasteiger charge is -2.34. The lowest BCUT2D eigenvalue weighted by Crippen LogP contribution is -3.14. The fraction of sp³-hybridized carbons (Fsp3) is 0.348. The summed E-state index contributed by atoms with van der Waals surface area (Å²) in [5.41, 5.74) is 3.95. The van der Waals surface area contributed by atoms with Gasteiger partial charge in [-0.1, -0.05) is 23.8 Å². The zero-order valence-electron chi connectivity index (χ0n) is 17.3. The highest BCUT2D eigenvalue weighted by Gasteiger charge is 2.31. The molecular weight excluding hydrogens is 382 g/mol. The lowest BCUT2D eigenvalue weighted by atomic mass is 10.1. The highest BCUT2D eigenvalue weighted by molar-refractivity contribution is 7.91. The minimum Gasteiger partial charge on any atom is -0.358 e. The van der Waals surface area contributed by atoms with E-state index in [1.807, 2.05) is 32.0 Å². The van der Waals surface area contributed by atoms with Crippen LogP contribution in [0, 0.1) is 13.8 Å². The third-order valence-electron chi connectivity index (χ3n) is 5.93. The van der Waals surface area contributed by atoms with E-state index >= 15 is 0 Å². The first-order valence-electron chi connectivity index (χ1n) is 10.3. The zero-order valence-corrected chi connectivity index (χ0v) is 18.1. The number of rotatable bonds is 4. The molecule has 0 atom stereocenters. The first-order valence-corrected chi connectivity index (χ1v) is 11.7. The van der Waals surface area contributed by atoms with E-state index in [1.165, 1.54) is 0 Å². The van der Waals surface area contributed by atoms with Crippen molar-refractivity contribution in [2.24, 2.45) is 0 Å². The van der Waals surface area contributed by atoms with Crippen molar-refractivity contribution in [3.8, 4) is 0 Å². The Balaban J connectivity index is 1.91. The number of quaternary nitrogens is 1. The van der Waals surface area contributed by atoms with Gasteiger partial charge in [0.1, 0.15) is 0 Å². The van der Waals surface area contributed by atoms with E-state index in [1.54, 1.807) is 23.2 Å². The molecule has 0 spiro atoms. The Morgan fingerprint density at radius 1 is 1.00 bits per heavy atom. The van der Waals surface area contributed by atoms with E-state index in [0.29, 0.717) is 9.79 Å². The molecule has 2 heterocycles. The SMILES string of the molecule is CC[NH+]1CCN(c2c(S(=O)(=O)c3ccc(C)cc3)c[nH+]c3ccc(C)cc23)CC1. The van der Waals surface area contributed by atoms with Crippen LogP contribution >= 0.6 is 0 Å². The maximum atomic E-state index is 13.6. The summed E-state index contributed by atoms with van der Waals surface area (Å²) in [5, 5.41) is 0.970. The summed E-state index contributed by atoms with van der Waals surface area (Å²) in [5.74, 6) is 0. The van der Waals surface area contributed by atoms with Gasteiger partial charge < -0.3 is 9.80 Å². The number of sulfone groups is 1. The maximum Gasteiger partial charge on any atom is 0.214 e. The molecule has 5 nitrogen and oxygen atoms in total. The molecule has 1 aliphatic heterocycles. The third kappa shape index (κ3) is 3.74. The number of aromatic amines is 1. The molecule has 0 amide bonds. The topological polar surface area (TPSA) is 56.0 Å². The van der Waals surface area contributed by atoms with E-state index in [4.69, 9.17) is 0 Å². The van der Waals surface area contributed by atoms with Crippen molar-refractivity contribution in [1.29, 1.82) is 0 Å². The van der Waals surface area contributed by atoms with Gasteiger partial charge in [0, 0.05) is 6.07 Å². The molecule has 4 rings (SSSR count). The van der Waals surface area contributed by atoms with Crippen molar-refractivity contribution in [1.82, 2.24) is 0 Å². The second-order valence-electron chi connectivity index (χ2n) is 7.96. The first-order chi connectivity index (χ1) is 13.9. The Morgan fingerprint density at radius 3 is 2.31 bits per heavy atom. The number of hydrogen-bond acceptors (Lipinski definition) is 3. The summed E-state index contributed by atoms with van der Waals surface area (Å²) in [6.07, 6.45) is 1.67. The van der Waals surface area contributed by atoms with Crippen LogP contribution in [0.4, 0.5) is 5.69 Å². The highest BCUT2D eigenvalue weighted by atomic mass is 32.2. The van der Waals surface area contributed by atoms with Gasteiger partial charge in [0.05, 0.1) is 48.7 Å². The Hall–Kier alpha value is -2.44. The van der Waals surface area contributed by atoms with Gasteiger partial charge in [0.2, 0.25) is 15.4 Å². The predicted molar refractivity (Wildman–Crippen MR) is 115 cm³/mol. The number of nitrogens with zero attached hydrogens (tertiary/aromatic N) is 1. The number of pyridine rings is 1. The van der Waals surface area contributed by atoms with Crippen LogP contribution < -0.4 is 14.8 Å². The first kappa shape index (κ1) is 19.9. The average molecular weight is 412 g/mol. The minimum atomic E-state index is -3.64. The summed E-state index contributed by atoms with van der Waals surface area (Å²) in [7, 11) is -3.64. The van der Waals surface area contributed by atoms with Crippen molar-refractivity contribution in [3.05, 3.63) is 59.8 Å². The molecule has 0 saturated carbocycles. The largest absolute Gasteiger partial charge is 0.358 e. The molecule has 29 heavy (non-hydrogen) atoms. The van der Waals surface area contributed by atoms with Gasteiger partial charge >= 0.3 is 0 Å². The number of fused-ring (bicyclic) bond motifs is 1. The maximum absolute atomic E-state index is 13.6. The van der Waals surface area contributed by atoms with Crippen molar-refractivity contribution < 1.29 is 18.3 Å². The monoisotopic (exact) mass is 411 g/mol. The summed E-state index contributed by atoms with van der Waals surface area (Å²) >= 11 is 0. The number of anilines is 1. The number of aryl methyl sites for hydroxylation is 2. The highest BCUT2D eigenvalue weighted by Crippen LogP contribution is 2.35. The van der Waals surface area contributed by atoms with Gasteiger partial charge in [0.15, 0.2) is 11.1 Å². The summed E-state index contributed by atoms with van der Waals surface area (Å²) < 4.78 is 27.2. The van der Waals surface area contributed by atoms with Crippen LogP contribution in [-0.4, -0.2) is 41.1 Å². The van der Waals surface area contributed by atoms with Crippen LogP contribution in [0.1, 0.15) is 18.1 Å². The predicted octanol–water partition coefficient (Wildman–Crippen LogP) is 1.83. The van der Waals surface area contributed by atoms with Crippen LogP contribution in [0.3, 0.4) is 0 Å². The van der Waals surface area contributed by atoms with E-state index in [0.717, 1.165) is 60.4 Å². The van der Waals surface area contributed by atoms with Gasteiger partial charge in [-0.15, -0.1) is 0 Å². The number of piperazine rings is 1. The summed E-state index contributed by atoms with van der Waals surface area (Å²) in [4.78, 5) is 7.74. The van der Waals surface area contributed by atoms with E-state index in [2.05, 4.69) is 28.9 Å². The molecule has 1 saturated heterocycles. The molecule has 1 aliphatic rings. The number of aromatic nitrogens is 1. The normalized spacial score (nSPS) is 15.8. The molecule has 152 valence electrons. The van der Waals surface area contributed by atoms with Crippen LogP contribution in [0.5, 0.6) is 0 Å². The number of nitrogens with one attached hydrogen (secondary N) is 2. The standard InChI is InChI=1S/C23H27N3O2S/c1-4-25-11-13-26(14-12-25)23-20-15-18(3)7-10-21(20)24-16-22(23)29(27,28)19-8-5-17(2)6-9-19/h5-10,15-16H,4,11-14H2,1-3H3/p+2. The Morgan fingerprint density at radius 2 is 1.66 bits per heavy atom. The van der Waals surface area contributed by atoms with Gasteiger partial charge in [-0.05, 0) is 44.5 Å². The van der Waals surface area contributed by atoms with E-state index in [-0.39, 0.29) is 0 Å². The smallest absolute Gasteiger partial charge is 0.214 e. The van der Waals surface area contributed by atoms with Gasteiger partial charge in [-0.25, -0.2) is 13.4 Å². The van der Waals surface area contributed by atoms with Crippen LogP contribution in [0.15, 0.2) is 58.5 Å². The molecule has 6 heteroatoms. The number of hydrogen-bond donors (Lipinski definition) is 1. The lowest BCUT2D eigenvalue weighted by molar-refractivity contribution is -0.898. The molecule has 1 aromatic heterocycles. The molecule has 1 fully saturated rings. The van der Waals surface area contributed by atoms with Crippen molar-refractivity contribution in [3.63, 3.8) is 0 Å². The van der Waals surface area contributed by atoms with Crippen molar-refractivity contribution >= 4 is 26.4 Å². The van der Waals surface area contributed by atoms with Gasteiger partial charge in [0.25, 0.3) is 0 Å². The van der Waals surface area contributed by atoms with Crippen LogP contribution in [0.2, 0.25) is 0 Å². The number of likely N-dealkylation sites (N-methyl/N-ethyl adjacent to an activating group) is 1. The van der Waals surface area contributed by atoms with E-state index < -0.39 is 9.84 Å². The number of benzene rings is 2. The van der Waals surface area contributed by atoms with E-state index in [9.17, 15) is 8.42 Å². The molecular formula is C23H29N3O2S+2. The fourth-order valence-electron chi connectivity index (χ4n) is 4.10. The second kappa shape index (κ2) is 7.76. The minimum absolute atomic E-state index is 0.336. The van der Waals surface area contributed by atoms with Gasteiger partial charge in [-0.3, -0.25) is 0 Å². The third-order valence-corrected chi connectivity index (χ3v) is 7.71. The van der Waals surface area contributed by atoms with Crippen LogP contribution in [0.25, 0.3) is 10.9 Å². The molecule has 3 aromatic rings. The Labute approximate surface area is 172 Å².